The van der Waals surface area contributed by atoms with Gasteiger partial charge in [-0.15, -0.1) is 24.0 Å². The summed E-state index contributed by atoms with van der Waals surface area (Å²) >= 11 is 0. The molecule has 0 aliphatic rings. The molecule has 2 rings (SSSR count). The maximum Gasteiger partial charge on any atom is 0.203 e. The second-order valence-electron chi connectivity index (χ2n) is 6.66. The fraction of sp³-hybridized carbons (Fsp3) is 0.435. The van der Waals surface area contributed by atoms with Crippen molar-refractivity contribution >= 4 is 29.9 Å². The normalized spacial score (nSPS) is 10.7. The van der Waals surface area contributed by atoms with Gasteiger partial charge in [-0.05, 0) is 35.4 Å². The predicted octanol–water partition coefficient (Wildman–Crippen LogP) is 3.61. The molecule has 0 heterocycles. The van der Waals surface area contributed by atoms with Crippen LogP contribution in [0.2, 0.25) is 0 Å². The Morgan fingerprint density at radius 1 is 0.844 bits per heavy atom. The average Bonchev–Trinajstić information content (AvgIpc) is 2.81. The Morgan fingerprint density at radius 2 is 1.50 bits per heavy atom. The maximum atomic E-state index is 5.76. The molecule has 0 aromatic heterocycles. The van der Waals surface area contributed by atoms with Gasteiger partial charge in [-0.25, -0.2) is 0 Å². The maximum absolute atomic E-state index is 5.76. The number of benzene rings is 2. The van der Waals surface area contributed by atoms with Crippen LogP contribution in [-0.4, -0.2) is 54.7 Å². The van der Waals surface area contributed by atoms with Gasteiger partial charge >= 0.3 is 0 Å². The molecule has 0 saturated heterocycles. The van der Waals surface area contributed by atoms with Crippen LogP contribution in [-0.2, 0) is 17.8 Å². The first-order valence-electron chi connectivity index (χ1n) is 10.1. The highest BCUT2D eigenvalue weighted by Crippen LogP contribution is 2.38. The number of halogens is 1. The number of hydrogen-bond donors (Lipinski definition) is 2. The minimum Gasteiger partial charge on any atom is -0.493 e. The first-order chi connectivity index (χ1) is 15.1. The molecule has 9 heteroatoms. The Bertz CT molecular complexity index is 823. The summed E-state index contributed by atoms with van der Waals surface area (Å²) in [5.41, 5.74) is 2.07. The van der Waals surface area contributed by atoms with E-state index in [1.807, 2.05) is 36.4 Å². The Labute approximate surface area is 207 Å². The summed E-state index contributed by atoms with van der Waals surface area (Å²) in [6, 6.07) is 11.8. The highest BCUT2D eigenvalue weighted by Gasteiger charge is 2.13. The summed E-state index contributed by atoms with van der Waals surface area (Å²) in [5.74, 6) is 3.32. The first kappa shape index (κ1) is 27.6. The van der Waals surface area contributed by atoms with Crippen molar-refractivity contribution in [2.24, 2.45) is 4.99 Å². The molecule has 0 bridgehead atoms. The molecular weight excluding hydrogens is 525 g/mol. The van der Waals surface area contributed by atoms with Crippen molar-refractivity contribution in [1.82, 2.24) is 10.6 Å². The van der Waals surface area contributed by atoms with Crippen molar-refractivity contribution < 1.29 is 23.7 Å². The van der Waals surface area contributed by atoms with Crippen LogP contribution < -0.4 is 29.6 Å². The van der Waals surface area contributed by atoms with E-state index in [0.29, 0.717) is 49.5 Å². The molecule has 0 atom stereocenters. The molecule has 8 nitrogen and oxygen atoms in total. The van der Waals surface area contributed by atoms with Crippen LogP contribution >= 0.6 is 24.0 Å². The van der Waals surface area contributed by atoms with Gasteiger partial charge in [-0.3, -0.25) is 4.99 Å². The van der Waals surface area contributed by atoms with E-state index in [2.05, 4.69) is 15.6 Å². The molecular formula is C23H34IN3O5. The molecule has 0 unspecified atom stereocenters. The van der Waals surface area contributed by atoms with Gasteiger partial charge in [0, 0.05) is 40.3 Å². The summed E-state index contributed by atoms with van der Waals surface area (Å²) in [7, 11) is 8.22. The number of hydrogen-bond acceptors (Lipinski definition) is 6. The Hall–Kier alpha value is -2.40. The highest BCUT2D eigenvalue weighted by atomic mass is 127. The third-order valence-electron chi connectivity index (χ3n) is 4.53. The molecule has 178 valence electrons. The Morgan fingerprint density at radius 3 is 2.06 bits per heavy atom. The zero-order valence-electron chi connectivity index (χ0n) is 19.4. The van der Waals surface area contributed by atoms with Gasteiger partial charge in [0.15, 0.2) is 17.5 Å². The number of ether oxygens (including phenoxy) is 5. The van der Waals surface area contributed by atoms with E-state index in [1.165, 1.54) is 0 Å². The number of nitrogens with zero attached hydrogens (tertiary/aromatic N) is 1. The Kier molecular flexibility index (Phi) is 13.3. The van der Waals surface area contributed by atoms with Crippen molar-refractivity contribution in [2.45, 2.75) is 19.5 Å². The fourth-order valence-corrected chi connectivity index (χ4v) is 2.97. The summed E-state index contributed by atoms with van der Waals surface area (Å²) < 4.78 is 27.0. The molecule has 0 aliphatic carbocycles. The van der Waals surface area contributed by atoms with Gasteiger partial charge in [-0.1, -0.05) is 12.1 Å². The molecule has 0 spiro atoms. The van der Waals surface area contributed by atoms with Crippen LogP contribution in [0.4, 0.5) is 0 Å². The van der Waals surface area contributed by atoms with Crippen molar-refractivity contribution in [3.63, 3.8) is 0 Å². The van der Waals surface area contributed by atoms with Gasteiger partial charge in [0.05, 0.1) is 27.9 Å². The fourth-order valence-electron chi connectivity index (χ4n) is 2.97. The van der Waals surface area contributed by atoms with E-state index in [9.17, 15) is 0 Å². The summed E-state index contributed by atoms with van der Waals surface area (Å²) in [6.45, 7) is 2.47. The lowest BCUT2D eigenvalue weighted by Crippen LogP contribution is -2.36. The molecule has 2 aromatic rings. The summed E-state index contributed by atoms with van der Waals surface area (Å²) in [6.07, 6.45) is 0.858. The van der Waals surface area contributed by atoms with E-state index in [4.69, 9.17) is 23.7 Å². The van der Waals surface area contributed by atoms with Gasteiger partial charge in [0.2, 0.25) is 5.75 Å². The summed E-state index contributed by atoms with van der Waals surface area (Å²) in [5, 5.41) is 6.62. The predicted molar refractivity (Wildman–Crippen MR) is 137 cm³/mol. The van der Waals surface area contributed by atoms with Crippen molar-refractivity contribution in [3.05, 3.63) is 47.5 Å². The van der Waals surface area contributed by atoms with Crippen LogP contribution in [0.1, 0.15) is 17.5 Å². The molecule has 2 N–H and O–H groups in total. The van der Waals surface area contributed by atoms with E-state index >= 15 is 0 Å². The van der Waals surface area contributed by atoms with E-state index in [0.717, 1.165) is 23.3 Å². The van der Waals surface area contributed by atoms with Crippen molar-refractivity contribution in [3.8, 4) is 23.0 Å². The number of aliphatic imine (C=N–C) groups is 1. The molecule has 0 fully saturated rings. The van der Waals surface area contributed by atoms with Gasteiger partial charge in [-0.2, -0.15) is 0 Å². The molecule has 2 aromatic carbocycles. The van der Waals surface area contributed by atoms with E-state index < -0.39 is 0 Å². The molecule has 32 heavy (non-hydrogen) atoms. The number of nitrogens with one attached hydrogen (secondary N) is 2. The van der Waals surface area contributed by atoms with Crippen LogP contribution in [0.3, 0.4) is 0 Å². The molecule has 0 saturated carbocycles. The zero-order chi connectivity index (χ0) is 22.5. The minimum atomic E-state index is 0. The SMILES string of the molecule is CN=C(NCc1cccc(OCCCOC)c1)NCc1cc(OC)c(OC)c(OC)c1.I. The molecule has 0 amide bonds. The average molecular weight is 559 g/mol. The van der Waals surface area contributed by atoms with Crippen molar-refractivity contribution in [1.29, 1.82) is 0 Å². The summed E-state index contributed by atoms with van der Waals surface area (Å²) in [4.78, 5) is 4.29. The van der Waals surface area contributed by atoms with Gasteiger partial charge in [0.25, 0.3) is 0 Å². The van der Waals surface area contributed by atoms with Crippen LogP contribution in [0, 0.1) is 0 Å². The van der Waals surface area contributed by atoms with Crippen LogP contribution in [0.5, 0.6) is 23.0 Å². The topological polar surface area (TPSA) is 82.6 Å². The third-order valence-corrected chi connectivity index (χ3v) is 4.53. The zero-order valence-corrected chi connectivity index (χ0v) is 21.7. The monoisotopic (exact) mass is 559 g/mol. The lowest BCUT2D eigenvalue weighted by atomic mass is 10.2. The third kappa shape index (κ3) is 8.62. The Balaban J connectivity index is 0.00000512. The first-order valence-corrected chi connectivity index (χ1v) is 10.1. The number of rotatable bonds is 12. The number of guanidine groups is 1. The van der Waals surface area contributed by atoms with Crippen LogP contribution in [0.25, 0.3) is 0 Å². The van der Waals surface area contributed by atoms with E-state index in [1.54, 1.807) is 35.5 Å². The largest absolute Gasteiger partial charge is 0.493 e. The standard InChI is InChI=1S/C23H33N3O5.HI/c1-24-23(25-15-17-8-6-9-19(12-17)31-11-7-10-27-2)26-16-18-13-20(28-3)22(30-5)21(14-18)29-4;/h6,8-9,12-14H,7,10-11,15-16H2,1-5H3,(H2,24,25,26);1H. The lowest BCUT2D eigenvalue weighted by molar-refractivity contribution is 0.172. The smallest absolute Gasteiger partial charge is 0.203 e. The van der Waals surface area contributed by atoms with Crippen LogP contribution in [0.15, 0.2) is 41.4 Å². The van der Waals surface area contributed by atoms with Gasteiger partial charge < -0.3 is 34.3 Å². The second-order valence-corrected chi connectivity index (χ2v) is 6.66. The number of methoxy groups -OCH3 is 4. The lowest BCUT2D eigenvalue weighted by Gasteiger charge is -2.16. The highest BCUT2D eigenvalue weighted by molar-refractivity contribution is 14.0. The molecule has 0 aliphatic heterocycles. The quantitative estimate of drug-likeness (QED) is 0.178. The minimum absolute atomic E-state index is 0. The second kappa shape index (κ2) is 15.4. The molecule has 0 radical (unpaired) electrons. The van der Waals surface area contributed by atoms with Gasteiger partial charge in [0.1, 0.15) is 5.75 Å². The van der Waals surface area contributed by atoms with E-state index in [-0.39, 0.29) is 24.0 Å². The van der Waals surface area contributed by atoms with Crippen molar-refractivity contribution in [2.75, 3.05) is 48.7 Å².